The molecule has 1 saturated carbocycles. The second kappa shape index (κ2) is 10.7. The van der Waals surface area contributed by atoms with Crippen LogP contribution >= 0.6 is 31.9 Å². The summed E-state index contributed by atoms with van der Waals surface area (Å²) in [6.45, 7) is 1.44. The minimum Gasteiger partial charge on any atom is -0.497 e. The molecule has 0 aromatic heterocycles. The molecule has 10 nitrogen and oxygen atoms in total. The molecule has 0 unspecified atom stereocenters. The van der Waals surface area contributed by atoms with E-state index in [1.165, 1.54) is 38.3 Å². The monoisotopic (exact) mass is 635 g/mol. The van der Waals surface area contributed by atoms with Crippen LogP contribution in [0.1, 0.15) is 40.5 Å². The van der Waals surface area contributed by atoms with Crippen LogP contribution in [0.4, 0.5) is 5.69 Å². The number of nitrogens with zero attached hydrogens (tertiary/aromatic N) is 3. The molecule has 194 valence electrons. The van der Waals surface area contributed by atoms with Gasteiger partial charge in [-0.15, -0.1) is 0 Å². The molecule has 0 bridgehead atoms. The van der Waals surface area contributed by atoms with Crippen molar-refractivity contribution < 1.29 is 28.8 Å². The van der Waals surface area contributed by atoms with Crippen molar-refractivity contribution in [1.29, 1.82) is 0 Å². The number of halogens is 2. The summed E-state index contributed by atoms with van der Waals surface area (Å²) >= 11 is 7.09. The Morgan fingerprint density at radius 1 is 0.973 bits per heavy atom. The highest BCUT2D eigenvalue weighted by Gasteiger charge is 2.55. The molecule has 1 aliphatic heterocycles. The minimum atomic E-state index is -1.23. The van der Waals surface area contributed by atoms with Crippen molar-refractivity contribution in [2.45, 2.75) is 35.5 Å². The summed E-state index contributed by atoms with van der Waals surface area (Å²) in [5.41, 5.74) is 0.0241. The lowest BCUT2D eigenvalue weighted by atomic mass is 9.81. The number of alkyl halides is 2. The number of ether oxygens (including phenoxy) is 1. The smallest absolute Gasteiger partial charge is 0.273 e. The number of carbonyl (C=O) groups excluding carboxylic acids is 4. The normalized spacial score (nSPS) is 23.8. The average Bonchev–Trinajstić information content (AvgIpc) is 3.12. The van der Waals surface area contributed by atoms with Crippen molar-refractivity contribution in [2.24, 2.45) is 11.8 Å². The third-order valence-corrected chi connectivity index (χ3v) is 9.49. The van der Waals surface area contributed by atoms with Gasteiger partial charge in [0.25, 0.3) is 23.4 Å². The topological polar surface area (TPSA) is 127 Å². The first-order valence-corrected chi connectivity index (χ1v) is 13.3. The van der Waals surface area contributed by atoms with Gasteiger partial charge in [-0.05, 0) is 56.2 Å². The maximum atomic E-state index is 13.7. The second-order valence-corrected chi connectivity index (χ2v) is 11.3. The predicted octanol–water partition coefficient (Wildman–Crippen LogP) is 4.15. The van der Waals surface area contributed by atoms with E-state index < -0.39 is 46.3 Å². The predicted molar refractivity (Wildman–Crippen MR) is 140 cm³/mol. The molecule has 2 aliphatic rings. The number of imide groups is 1. The fourth-order valence-corrected chi connectivity index (χ4v) is 5.93. The Morgan fingerprint density at radius 3 is 1.92 bits per heavy atom. The molecular formula is C25H23Br2N3O7. The fourth-order valence-electron chi connectivity index (χ4n) is 4.70. The summed E-state index contributed by atoms with van der Waals surface area (Å²) in [4.78, 5) is 64.6. The molecule has 1 heterocycles. The van der Waals surface area contributed by atoms with Gasteiger partial charge in [0.05, 0.1) is 23.9 Å². The van der Waals surface area contributed by atoms with Gasteiger partial charge in [0.1, 0.15) is 11.8 Å². The standard InChI is InChI=1S/C25H23Br2N3O7/c1-13(22(31)14-5-9-17(37-2)10-6-14)28(23(32)15-3-7-16(8-4-15)30(35)36)29-24(33)18-11-20(26)21(27)12-19(18)25(29)34/h3-10,13,18-21H,11-12H2,1-2H3/t13-,18+,19+,20-,21-/m0/s1. The van der Waals surface area contributed by atoms with Crippen LogP contribution in [0.5, 0.6) is 5.75 Å². The van der Waals surface area contributed by atoms with Crippen molar-refractivity contribution in [3.05, 3.63) is 69.8 Å². The molecule has 2 aromatic rings. The lowest BCUT2D eigenvalue weighted by Crippen LogP contribution is -2.56. The molecule has 5 atom stereocenters. The van der Waals surface area contributed by atoms with Gasteiger partial charge in [-0.2, -0.15) is 5.01 Å². The SMILES string of the molecule is COc1ccc(C(=O)[C@H](C)N(C(=O)c2ccc([N+](=O)[O-])cc2)N2C(=O)[C@@H]3C[C@H](Br)[C@@H](Br)C[C@H]3C2=O)cc1. The van der Waals surface area contributed by atoms with Crippen LogP contribution in [0.2, 0.25) is 0 Å². The number of ketones is 1. The summed E-state index contributed by atoms with van der Waals surface area (Å²) in [7, 11) is 1.49. The van der Waals surface area contributed by atoms with Crippen LogP contribution in [-0.2, 0) is 9.59 Å². The molecule has 1 aliphatic carbocycles. The Labute approximate surface area is 229 Å². The molecular weight excluding hydrogens is 614 g/mol. The van der Waals surface area contributed by atoms with E-state index in [1.807, 2.05) is 0 Å². The number of rotatable bonds is 7. The molecule has 4 rings (SSSR count). The van der Waals surface area contributed by atoms with Gasteiger partial charge in [0.15, 0.2) is 5.78 Å². The van der Waals surface area contributed by atoms with E-state index >= 15 is 0 Å². The zero-order valence-corrected chi connectivity index (χ0v) is 23.0. The van der Waals surface area contributed by atoms with Crippen molar-refractivity contribution >= 4 is 61.1 Å². The highest BCUT2D eigenvalue weighted by molar-refractivity contribution is 9.12. The van der Waals surface area contributed by atoms with Gasteiger partial charge in [-0.25, -0.2) is 5.01 Å². The number of non-ortho nitro benzene ring substituents is 1. The van der Waals surface area contributed by atoms with Gasteiger partial charge in [0, 0.05) is 32.9 Å². The van der Waals surface area contributed by atoms with E-state index in [-0.39, 0.29) is 26.5 Å². The summed E-state index contributed by atoms with van der Waals surface area (Å²) in [5, 5.41) is 12.8. The summed E-state index contributed by atoms with van der Waals surface area (Å²) in [6.07, 6.45) is 0.782. The Kier molecular flexibility index (Phi) is 7.79. The van der Waals surface area contributed by atoms with E-state index in [0.717, 1.165) is 22.2 Å². The first-order valence-electron chi connectivity index (χ1n) is 11.5. The second-order valence-electron chi connectivity index (χ2n) is 8.93. The minimum absolute atomic E-state index is 0.00723. The summed E-state index contributed by atoms with van der Waals surface area (Å²) < 4.78 is 5.13. The average molecular weight is 637 g/mol. The lowest BCUT2D eigenvalue weighted by molar-refractivity contribution is -0.384. The van der Waals surface area contributed by atoms with Crippen molar-refractivity contribution in [3.8, 4) is 5.75 Å². The number of hydrogen-bond acceptors (Lipinski definition) is 7. The molecule has 2 fully saturated rings. The lowest BCUT2D eigenvalue weighted by Gasteiger charge is -2.34. The van der Waals surface area contributed by atoms with Crippen molar-refractivity contribution in [1.82, 2.24) is 10.0 Å². The maximum Gasteiger partial charge on any atom is 0.273 e. The first kappa shape index (κ1) is 26.9. The van der Waals surface area contributed by atoms with E-state index in [2.05, 4.69) is 31.9 Å². The Balaban J connectivity index is 1.74. The van der Waals surface area contributed by atoms with Crippen molar-refractivity contribution in [2.75, 3.05) is 7.11 Å². The number of hydrazine groups is 1. The van der Waals surface area contributed by atoms with E-state index in [4.69, 9.17) is 4.74 Å². The van der Waals surface area contributed by atoms with Crippen molar-refractivity contribution in [3.63, 3.8) is 0 Å². The Bertz CT molecular complexity index is 1220. The molecule has 0 radical (unpaired) electrons. The molecule has 37 heavy (non-hydrogen) atoms. The van der Waals surface area contributed by atoms with Crippen LogP contribution in [0, 0.1) is 22.0 Å². The number of Topliss-reactive ketones (excluding diaryl/α,β-unsaturated/α-hetero) is 1. The van der Waals surface area contributed by atoms with Crippen LogP contribution in [0.15, 0.2) is 48.5 Å². The highest BCUT2D eigenvalue weighted by atomic mass is 79.9. The highest BCUT2D eigenvalue weighted by Crippen LogP contribution is 2.44. The van der Waals surface area contributed by atoms with Gasteiger partial charge in [0.2, 0.25) is 0 Å². The van der Waals surface area contributed by atoms with Gasteiger partial charge < -0.3 is 4.74 Å². The number of fused-ring (bicyclic) bond motifs is 1. The van der Waals surface area contributed by atoms with Crippen LogP contribution in [-0.4, -0.2) is 61.3 Å². The molecule has 0 spiro atoms. The third-order valence-electron chi connectivity index (χ3n) is 6.76. The number of methoxy groups -OCH3 is 1. The first-order chi connectivity index (χ1) is 17.5. The van der Waals surface area contributed by atoms with Crippen LogP contribution < -0.4 is 4.74 Å². The number of benzene rings is 2. The number of amides is 3. The summed E-state index contributed by atoms with van der Waals surface area (Å²) in [5.74, 6) is -3.14. The number of carbonyl (C=O) groups is 4. The molecule has 0 N–H and O–H groups in total. The zero-order chi connectivity index (χ0) is 27.0. The third kappa shape index (κ3) is 5.04. The quantitative estimate of drug-likeness (QED) is 0.147. The largest absolute Gasteiger partial charge is 0.497 e. The van der Waals surface area contributed by atoms with Crippen LogP contribution in [0.25, 0.3) is 0 Å². The zero-order valence-electron chi connectivity index (χ0n) is 19.9. The summed E-state index contributed by atoms with van der Waals surface area (Å²) in [6, 6.07) is 9.79. The molecule has 2 aromatic carbocycles. The van der Waals surface area contributed by atoms with Crippen LogP contribution in [0.3, 0.4) is 0 Å². The van der Waals surface area contributed by atoms with Gasteiger partial charge >= 0.3 is 0 Å². The van der Waals surface area contributed by atoms with E-state index in [9.17, 15) is 29.3 Å². The van der Waals surface area contributed by atoms with E-state index in [0.29, 0.717) is 18.6 Å². The van der Waals surface area contributed by atoms with E-state index in [1.54, 1.807) is 12.1 Å². The molecule has 1 saturated heterocycles. The fraction of sp³-hybridized carbons (Fsp3) is 0.360. The number of hydrogen-bond donors (Lipinski definition) is 0. The maximum absolute atomic E-state index is 13.7. The number of nitro benzene ring substituents is 1. The molecule has 3 amide bonds. The molecule has 12 heteroatoms. The van der Waals surface area contributed by atoms with Gasteiger partial charge in [-0.3, -0.25) is 29.3 Å². The van der Waals surface area contributed by atoms with Gasteiger partial charge in [-0.1, -0.05) is 31.9 Å². The Morgan fingerprint density at radius 2 is 1.46 bits per heavy atom. The number of nitro groups is 1. The Hall–Kier alpha value is -3.12.